The Morgan fingerprint density at radius 1 is 1.38 bits per heavy atom. The quantitative estimate of drug-likeness (QED) is 0.455. The zero-order valence-corrected chi connectivity index (χ0v) is 8.38. The topological polar surface area (TPSA) is 26.3 Å². The average Bonchev–Trinajstić information content (AvgIpc) is 2.19. The lowest BCUT2D eigenvalue weighted by Crippen LogP contribution is -2.08. The van der Waals surface area contributed by atoms with Crippen LogP contribution in [0.4, 0.5) is 0 Å². The molecule has 0 fully saturated rings. The summed E-state index contributed by atoms with van der Waals surface area (Å²) in [6, 6.07) is 7.47. The molecule has 3 heteroatoms. The van der Waals surface area contributed by atoms with E-state index in [1.54, 1.807) is 12.1 Å². The lowest BCUT2D eigenvalue weighted by atomic mass is 10.2. The molecular weight excluding hydrogens is 184 g/mol. The average molecular weight is 196 g/mol. The van der Waals surface area contributed by atoms with Crippen LogP contribution in [-0.2, 0) is 11.2 Å². The predicted octanol–water partition coefficient (Wildman–Crippen LogP) is 2.08. The zero-order chi connectivity index (χ0) is 9.68. The summed E-state index contributed by atoms with van der Waals surface area (Å²) in [7, 11) is 0. The third-order valence-corrected chi connectivity index (χ3v) is 1.95. The SMILES string of the molecule is CCc1ccc(OC(=O)CS)cc1. The van der Waals surface area contributed by atoms with Gasteiger partial charge in [-0.2, -0.15) is 12.6 Å². The Morgan fingerprint density at radius 3 is 2.46 bits per heavy atom. The van der Waals surface area contributed by atoms with Crippen LogP contribution in [-0.4, -0.2) is 11.7 Å². The van der Waals surface area contributed by atoms with Gasteiger partial charge in [0.25, 0.3) is 0 Å². The van der Waals surface area contributed by atoms with Gasteiger partial charge in [0, 0.05) is 0 Å². The van der Waals surface area contributed by atoms with Crippen molar-refractivity contribution in [2.75, 3.05) is 5.75 Å². The van der Waals surface area contributed by atoms with Crippen molar-refractivity contribution in [2.24, 2.45) is 0 Å². The lowest BCUT2D eigenvalue weighted by Gasteiger charge is -2.02. The van der Waals surface area contributed by atoms with Crippen LogP contribution in [0.25, 0.3) is 0 Å². The van der Waals surface area contributed by atoms with Gasteiger partial charge in [0.15, 0.2) is 0 Å². The highest BCUT2D eigenvalue weighted by Crippen LogP contribution is 2.12. The van der Waals surface area contributed by atoms with Crippen LogP contribution in [0, 0.1) is 0 Å². The van der Waals surface area contributed by atoms with Crippen molar-refractivity contribution in [1.82, 2.24) is 0 Å². The molecule has 0 aliphatic carbocycles. The second-order valence-corrected chi connectivity index (χ2v) is 2.95. The Kier molecular flexibility index (Phi) is 3.83. The molecule has 0 bridgehead atoms. The van der Waals surface area contributed by atoms with Crippen molar-refractivity contribution >= 4 is 18.6 Å². The van der Waals surface area contributed by atoms with Gasteiger partial charge < -0.3 is 4.74 Å². The first-order valence-electron chi connectivity index (χ1n) is 4.16. The van der Waals surface area contributed by atoms with Gasteiger partial charge in [0.2, 0.25) is 0 Å². The molecule has 0 spiro atoms. The Hall–Kier alpha value is -0.960. The Bertz CT molecular complexity index is 279. The Balaban J connectivity index is 2.64. The number of esters is 1. The number of hydrogen-bond donors (Lipinski definition) is 1. The summed E-state index contributed by atoms with van der Waals surface area (Å²) in [6.07, 6.45) is 0.987. The maximum Gasteiger partial charge on any atom is 0.321 e. The summed E-state index contributed by atoms with van der Waals surface area (Å²) >= 11 is 3.81. The van der Waals surface area contributed by atoms with Gasteiger partial charge in [-0.05, 0) is 24.1 Å². The fourth-order valence-corrected chi connectivity index (χ4v) is 1.02. The first-order valence-corrected chi connectivity index (χ1v) is 4.80. The Morgan fingerprint density at radius 2 is 2.00 bits per heavy atom. The molecule has 0 aromatic heterocycles. The molecule has 0 saturated carbocycles. The summed E-state index contributed by atoms with van der Waals surface area (Å²) in [5, 5.41) is 0. The third-order valence-electron chi connectivity index (χ3n) is 1.69. The predicted molar refractivity (Wildman–Crippen MR) is 55.3 cm³/mol. The van der Waals surface area contributed by atoms with Crippen molar-refractivity contribution in [3.8, 4) is 5.75 Å². The van der Waals surface area contributed by atoms with Crippen molar-refractivity contribution in [3.63, 3.8) is 0 Å². The number of hydrogen-bond acceptors (Lipinski definition) is 3. The van der Waals surface area contributed by atoms with Gasteiger partial charge in [0.1, 0.15) is 5.75 Å². The molecular formula is C10H12O2S. The summed E-state index contributed by atoms with van der Waals surface area (Å²) < 4.78 is 4.95. The van der Waals surface area contributed by atoms with Crippen LogP contribution in [0.1, 0.15) is 12.5 Å². The Labute approximate surface area is 83.3 Å². The molecule has 13 heavy (non-hydrogen) atoms. The van der Waals surface area contributed by atoms with Crippen molar-refractivity contribution in [3.05, 3.63) is 29.8 Å². The van der Waals surface area contributed by atoms with Crippen molar-refractivity contribution in [1.29, 1.82) is 0 Å². The highest BCUT2D eigenvalue weighted by atomic mass is 32.1. The molecule has 0 atom stereocenters. The molecule has 0 amide bonds. The minimum Gasteiger partial charge on any atom is -0.426 e. The molecule has 1 rings (SSSR count). The largest absolute Gasteiger partial charge is 0.426 e. The standard InChI is InChI=1S/C10H12O2S/c1-2-8-3-5-9(6-4-8)12-10(11)7-13/h3-6,13H,2,7H2,1H3. The molecule has 0 unspecified atom stereocenters. The van der Waals surface area contributed by atoms with E-state index < -0.39 is 0 Å². The van der Waals surface area contributed by atoms with E-state index in [0.29, 0.717) is 5.75 Å². The second kappa shape index (κ2) is 4.92. The van der Waals surface area contributed by atoms with Crippen molar-refractivity contribution < 1.29 is 9.53 Å². The van der Waals surface area contributed by atoms with Gasteiger partial charge in [-0.3, -0.25) is 4.79 Å². The number of carbonyl (C=O) groups is 1. The van der Waals surface area contributed by atoms with E-state index in [2.05, 4.69) is 19.6 Å². The lowest BCUT2D eigenvalue weighted by molar-refractivity contribution is -0.131. The summed E-state index contributed by atoms with van der Waals surface area (Å²) in [6.45, 7) is 2.08. The van der Waals surface area contributed by atoms with Crippen LogP contribution in [0.2, 0.25) is 0 Å². The summed E-state index contributed by atoms with van der Waals surface area (Å²) in [5.41, 5.74) is 1.23. The number of rotatable bonds is 3. The smallest absolute Gasteiger partial charge is 0.321 e. The van der Waals surface area contributed by atoms with Crippen LogP contribution in [0.15, 0.2) is 24.3 Å². The van der Waals surface area contributed by atoms with Crippen LogP contribution < -0.4 is 4.74 Å². The molecule has 2 nitrogen and oxygen atoms in total. The number of benzene rings is 1. The van der Waals surface area contributed by atoms with Gasteiger partial charge in [0.05, 0.1) is 5.75 Å². The van der Waals surface area contributed by atoms with Crippen LogP contribution in [0.3, 0.4) is 0 Å². The van der Waals surface area contributed by atoms with E-state index in [1.165, 1.54) is 5.56 Å². The fourth-order valence-electron chi connectivity index (χ4n) is 0.957. The highest BCUT2D eigenvalue weighted by Gasteiger charge is 2.00. The first kappa shape index (κ1) is 10.1. The van der Waals surface area contributed by atoms with E-state index in [-0.39, 0.29) is 11.7 Å². The van der Waals surface area contributed by atoms with Gasteiger partial charge in [-0.1, -0.05) is 19.1 Å². The third kappa shape index (κ3) is 3.11. The molecule has 0 saturated heterocycles. The molecule has 0 aliphatic rings. The monoisotopic (exact) mass is 196 g/mol. The minimum absolute atomic E-state index is 0.107. The van der Waals surface area contributed by atoms with Gasteiger partial charge >= 0.3 is 5.97 Å². The molecule has 0 N–H and O–H groups in total. The summed E-state index contributed by atoms with van der Waals surface area (Å²) in [5.74, 6) is 0.360. The zero-order valence-electron chi connectivity index (χ0n) is 7.49. The van der Waals surface area contributed by atoms with Crippen LogP contribution in [0.5, 0.6) is 5.75 Å². The van der Waals surface area contributed by atoms with Crippen molar-refractivity contribution in [2.45, 2.75) is 13.3 Å². The molecule has 1 aromatic carbocycles. The molecule has 70 valence electrons. The van der Waals surface area contributed by atoms with E-state index in [0.717, 1.165) is 6.42 Å². The molecule has 1 aromatic rings. The first-order chi connectivity index (χ1) is 6.26. The van der Waals surface area contributed by atoms with E-state index in [9.17, 15) is 4.79 Å². The molecule has 0 aliphatic heterocycles. The normalized spacial score (nSPS) is 9.69. The maximum atomic E-state index is 10.8. The van der Waals surface area contributed by atoms with E-state index in [4.69, 9.17) is 4.74 Å². The van der Waals surface area contributed by atoms with E-state index >= 15 is 0 Å². The van der Waals surface area contributed by atoms with Gasteiger partial charge in [-0.15, -0.1) is 0 Å². The number of ether oxygens (including phenoxy) is 1. The fraction of sp³-hybridized carbons (Fsp3) is 0.300. The number of thiol groups is 1. The van der Waals surface area contributed by atoms with E-state index in [1.807, 2.05) is 12.1 Å². The molecule has 0 radical (unpaired) electrons. The van der Waals surface area contributed by atoms with Gasteiger partial charge in [-0.25, -0.2) is 0 Å². The second-order valence-electron chi connectivity index (χ2n) is 2.63. The molecule has 0 heterocycles. The number of carbonyl (C=O) groups excluding carboxylic acids is 1. The minimum atomic E-state index is -0.326. The maximum absolute atomic E-state index is 10.8. The summed E-state index contributed by atoms with van der Waals surface area (Å²) in [4.78, 5) is 10.8. The van der Waals surface area contributed by atoms with Crippen LogP contribution >= 0.6 is 12.6 Å². The highest BCUT2D eigenvalue weighted by molar-refractivity contribution is 7.81. The number of aryl methyl sites for hydroxylation is 1.